The second-order valence-electron chi connectivity index (χ2n) is 4.68. The maximum absolute atomic E-state index is 9.41. The molecular formula is C18H13N3S. The molecule has 0 spiro atoms. The average Bonchev–Trinajstić information content (AvgIpc) is 2.59. The number of hydrogen-bond donors (Lipinski definition) is 0. The van der Waals surface area contributed by atoms with Crippen molar-refractivity contribution >= 4 is 11.8 Å². The van der Waals surface area contributed by atoms with Gasteiger partial charge in [0, 0.05) is 4.90 Å². The van der Waals surface area contributed by atoms with Crippen molar-refractivity contribution in [1.29, 1.82) is 5.26 Å². The van der Waals surface area contributed by atoms with Crippen LogP contribution in [0.3, 0.4) is 0 Å². The number of rotatable bonds is 4. The number of nitrogens with zero attached hydrogens (tertiary/aromatic N) is 3. The molecule has 0 bridgehead atoms. The molecule has 3 aromatic rings. The zero-order valence-electron chi connectivity index (χ0n) is 11.8. The molecule has 0 N–H and O–H groups in total. The van der Waals surface area contributed by atoms with Crippen LogP contribution in [0.2, 0.25) is 0 Å². The lowest BCUT2D eigenvalue weighted by Crippen LogP contribution is -2.02. The zero-order valence-corrected chi connectivity index (χ0v) is 12.6. The first kappa shape index (κ1) is 14.3. The quantitative estimate of drug-likeness (QED) is 0.721. The van der Waals surface area contributed by atoms with E-state index in [0.717, 1.165) is 15.5 Å². The first-order valence-electron chi connectivity index (χ1n) is 6.88. The molecule has 106 valence electrons. The van der Waals surface area contributed by atoms with Crippen LogP contribution in [0.4, 0.5) is 0 Å². The average molecular weight is 303 g/mol. The van der Waals surface area contributed by atoms with Crippen molar-refractivity contribution in [2.75, 3.05) is 0 Å². The Bertz CT molecular complexity index is 765. The molecule has 0 aliphatic rings. The molecule has 3 nitrogen and oxygen atoms in total. The topological polar surface area (TPSA) is 49.6 Å². The van der Waals surface area contributed by atoms with E-state index in [1.807, 2.05) is 72.8 Å². The van der Waals surface area contributed by atoms with E-state index < -0.39 is 0 Å². The van der Waals surface area contributed by atoms with Gasteiger partial charge in [-0.25, -0.2) is 0 Å². The summed E-state index contributed by atoms with van der Waals surface area (Å²) < 4.78 is 0. The van der Waals surface area contributed by atoms with Crippen LogP contribution in [0.1, 0.15) is 17.2 Å². The number of nitriles is 1. The van der Waals surface area contributed by atoms with Gasteiger partial charge in [-0.1, -0.05) is 60.3 Å². The summed E-state index contributed by atoms with van der Waals surface area (Å²) in [5, 5.41) is 18.7. The summed E-state index contributed by atoms with van der Waals surface area (Å²) in [6.07, 6.45) is 0. The Morgan fingerprint density at radius 3 is 2.09 bits per heavy atom. The lowest BCUT2D eigenvalue weighted by Gasteiger charge is -2.08. The van der Waals surface area contributed by atoms with E-state index in [1.54, 1.807) is 11.8 Å². The summed E-state index contributed by atoms with van der Waals surface area (Å²) in [6, 6.07) is 25.7. The van der Waals surface area contributed by atoms with E-state index in [4.69, 9.17) is 0 Å². The van der Waals surface area contributed by atoms with Crippen LogP contribution in [0.5, 0.6) is 0 Å². The molecule has 0 radical (unpaired) electrons. The predicted octanol–water partition coefficient (Wildman–Crippen LogP) is 4.28. The van der Waals surface area contributed by atoms with Gasteiger partial charge >= 0.3 is 0 Å². The van der Waals surface area contributed by atoms with Crippen molar-refractivity contribution in [3.05, 3.63) is 84.1 Å². The Kier molecular flexibility index (Phi) is 4.47. The fourth-order valence-corrected chi connectivity index (χ4v) is 2.86. The van der Waals surface area contributed by atoms with Crippen LogP contribution in [-0.2, 0) is 0 Å². The minimum absolute atomic E-state index is 0.385. The minimum Gasteiger partial charge on any atom is -0.197 e. The Hall–Kier alpha value is -2.64. The van der Waals surface area contributed by atoms with Gasteiger partial charge in [0.1, 0.15) is 10.9 Å². The molecule has 4 heteroatoms. The molecule has 0 amide bonds. The summed E-state index contributed by atoms with van der Waals surface area (Å²) in [5.74, 6) is -0.385. The fourth-order valence-electron chi connectivity index (χ4n) is 2.10. The molecule has 3 rings (SSSR count). The molecule has 1 aromatic heterocycles. The van der Waals surface area contributed by atoms with Gasteiger partial charge in [-0.15, -0.1) is 5.10 Å². The second-order valence-corrected chi connectivity index (χ2v) is 5.78. The highest BCUT2D eigenvalue weighted by Gasteiger charge is 2.15. The van der Waals surface area contributed by atoms with Gasteiger partial charge in [0.2, 0.25) is 0 Å². The summed E-state index contributed by atoms with van der Waals surface area (Å²) in [4.78, 5) is 1.12. The van der Waals surface area contributed by atoms with E-state index in [1.165, 1.54) is 0 Å². The summed E-state index contributed by atoms with van der Waals surface area (Å²) in [5.41, 5.74) is 1.61. The van der Waals surface area contributed by atoms with Crippen molar-refractivity contribution in [3.8, 4) is 6.07 Å². The Morgan fingerprint density at radius 1 is 0.818 bits per heavy atom. The Morgan fingerprint density at radius 2 is 1.50 bits per heavy atom. The molecule has 1 unspecified atom stereocenters. The highest BCUT2D eigenvalue weighted by molar-refractivity contribution is 7.99. The van der Waals surface area contributed by atoms with Crippen molar-refractivity contribution in [2.45, 2.75) is 15.8 Å². The lowest BCUT2D eigenvalue weighted by molar-refractivity contribution is 0.837. The SMILES string of the molecule is N#CC(c1ccccc1)c1ccc(Sc2ccccc2)nn1. The van der Waals surface area contributed by atoms with Crippen LogP contribution in [0.15, 0.2) is 82.7 Å². The Labute approximate surface area is 133 Å². The number of aromatic nitrogens is 2. The third kappa shape index (κ3) is 3.33. The van der Waals surface area contributed by atoms with Gasteiger partial charge in [-0.3, -0.25) is 0 Å². The van der Waals surface area contributed by atoms with Gasteiger partial charge in [-0.05, 0) is 29.8 Å². The molecule has 1 heterocycles. The molecule has 1 atom stereocenters. The van der Waals surface area contributed by atoms with Gasteiger partial charge in [0.25, 0.3) is 0 Å². The molecule has 0 saturated carbocycles. The van der Waals surface area contributed by atoms with Crippen molar-refractivity contribution < 1.29 is 0 Å². The van der Waals surface area contributed by atoms with Gasteiger partial charge in [0.15, 0.2) is 0 Å². The van der Waals surface area contributed by atoms with Crippen LogP contribution < -0.4 is 0 Å². The molecule has 0 aliphatic heterocycles. The first-order chi connectivity index (χ1) is 10.9. The highest BCUT2D eigenvalue weighted by Crippen LogP contribution is 2.27. The van der Waals surface area contributed by atoms with Gasteiger partial charge in [0.05, 0.1) is 11.8 Å². The standard InChI is InChI=1S/C18H13N3S/c19-13-16(14-7-3-1-4-8-14)17-11-12-18(21-20-17)22-15-9-5-2-6-10-15/h1-12,16H. The minimum atomic E-state index is -0.385. The zero-order chi connectivity index (χ0) is 15.2. The third-order valence-electron chi connectivity index (χ3n) is 3.18. The first-order valence-corrected chi connectivity index (χ1v) is 7.69. The van der Waals surface area contributed by atoms with Crippen LogP contribution in [-0.4, -0.2) is 10.2 Å². The van der Waals surface area contributed by atoms with Gasteiger partial charge < -0.3 is 0 Å². The van der Waals surface area contributed by atoms with Crippen molar-refractivity contribution in [3.63, 3.8) is 0 Å². The van der Waals surface area contributed by atoms with Crippen LogP contribution >= 0.6 is 11.8 Å². The molecule has 0 aliphatic carbocycles. The van der Waals surface area contributed by atoms with E-state index in [9.17, 15) is 5.26 Å². The molecular weight excluding hydrogens is 290 g/mol. The van der Waals surface area contributed by atoms with Crippen LogP contribution in [0.25, 0.3) is 0 Å². The third-order valence-corrected chi connectivity index (χ3v) is 4.12. The Balaban J connectivity index is 1.80. The van der Waals surface area contributed by atoms with E-state index >= 15 is 0 Å². The van der Waals surface area contributed by atoms with Crippen LogP contribution in [0, 0.1) is 11.3 Å². The summed E-state index contributed by atoms with van der Waals surface area (Å²) in [6.45, 7) is 0. The second kappa shape index (κ2) is 6.88. The number of benzene rings is 2. The van der Waals surface area contributed by atoms with E-state index in [-0.39, 0.29) is 5.92 Å². The molecule has 2 aromatic carbocycles. The monoisotopic (exact) mass is 303 g/mol. The van der Waals surface area contributed by atoms with E-state index in [0.29, 0.717) is 5.69 Å². The molecule has 0 fully saturated rings. The number of hydrogen-bond acceptors (Lipinski definition) is 4. The van der Waals surface area contributed by atoms with Crippen molar-refractivity contribution in [1.82, 2.24) is 10.2 Å². The fraction of sp³-hybridized carbons (Fsp3) is 0.0556. The van der Waals surface area contributed by atoms with Crippen molar-refractivity contribution in [2.24, 2.45) is 0 Å². The largest absolute Gasteiger partial charge is 0.197 e. The normalized spacial score (nSPS) is 11.6. The maximum atomic E-state index is 9.41. The summed E-state index contributed by atoms with van der Waals surface area (Å²) >= 11 is 1.55. The smallest absolute Gasteiger partial charge is 0.124 e. The maximum Gasteiger partial charge on any atom is 0.124 e. The summed E-state index contributed by atoms with van der Waals surface area (Å²) in [7, 11) is 0. The lowest BCUT2D eigenvalue weighted by atomic mass is 9.97. The van der Waals surface area contributed by atoms with E-state index in [2.05, 4.69) is 16.3 Å². The molecule has 0 saturated heterocycles. The predicted molar refractivity (Wildman–Crippen MR) is 86.5 cm³/mol. The van der Waals surface area contributed by atoms with Gasteiger partial charge in [-0.2, -0.15) is 10.4 Å². The highest BCUT2D eigenvalue weighted by atomic mass is 32.2. The molecule has 22 heavy (non-hydrogen) atoms.